The van der Waals surface area contributed by atoms with Gasteiger partial charge in [-0.15, -0.1) is 0 Å². The van der Waals surface area contributed by atoms with Crippen LogP contribution in [-0.4, -0.2) is 97.4 Å². The predicted molar refractivity (Wildman–Crippen MR) is 203 cm³/mol. The minimum atomic E-state index is -0.863. The maximum absolute atomic E-state index is 11.0. The largest absolute Gasteiger partial charge is 0.491 e. The van der Waals surface area contributed by atoms with E-state index < -0.39 is 24.4 Å². The number of anilines is 2. The first-order chi connectivity index (χ1) is 25.4. The fourth-order valence-electron chi connectivity index (χ4n) is 5.51. The molecule has 5 aromatic carbocycles. The number of hydrogen-bond acceptors (Lipinski definition) is 10. The van der Waals surface area contributed by atoms with Gasteiger partial charge in [-0.1, -0.05) is 72.8 Å². The van der Waals surface area contributed by atoms with Gasteiger partial charge >= 0.3 is 0 Å². The molecule has 0 saturated heterocycles. The number of aliphatic hydroxyl groups is 4. The number of benzene rings is 5. The van der Waals surface area contributed by atoms with E-state index in [0.29, 0.717) is 23.0 Å². The van der Waals surface area contributed by atoms with Crippen LogP contribution in [0.3, 0.4) is 0 Å². The van der Waals surface area contributed by atoms with Crippen molar-refractivity contribution in [1.82, 2.24) is 0 Å². The number of para-hydroxylation sites is 4. The summed E-state index contributed by atoms with van der Waals surface area (Å²) in [5, 5.41) is 44.0. The predicted octanol–water partition coefficient (Wildman–Crippen LogP) is 5.06. The molecular formula is C42H48N2O8. The van der Waals surface area contributed by atoms with Gasteiger partial charge in [-0.25, -0.2) is 0 Å². The van der Waals surface area contributed by atoms with Gasteiger partial charge in [0, 0.05) is 37.6 Å². The molecule has 52 heavy (non-hydrogen) atoms. The Morgan fingerprint density at radius 2 is 0.538 bits per heavy atom. The van der Waals surface area contributed by atoms with Gasteiger partial charge in [-0.05, 0) is 72.8 Å². The van der Waals surface area contributed by atoms with Gasteiger partial charge in [0.05, 0.1) is 0 Å². The molecular weight excluding hydrogens is 660 g/mol. The van der Waals surface area contributed by atoms with Gasteiger partial charge in [-0.3, -0.25) is 0 Å². The molecule has 0 bridgehead atoms. The SMILES string of the molecule is O[C@H](COc1ccccc1)CN(C[C@@H](O)COc1ccccc1)c1ccc(N(C[C@H](O)COc2ccccc2)C[C@@H](O)COc2ccccc2)cc1. The number of nitrogens with zero attached hydrogens (tertiary/aromatic N) is 2. The zero-order chi connectivity index (χ0) is 36.4. The third kappa shape index (κ3) is 13.1. The molecule has 4 atom stereocenters. The highest BCUT2D eigenvalue weighted by Gasteiger charge is 2.21. The van der Waals surface area contributed by atoms with Crippen molar-refractivity contribution in [2.45, 2.75) is 24.4 Å². The summed E-state index contributed by atoms with van der Waals surface area (Å²) in [7, 11) is 0. The van der Waals surface area contributed by atoms with E-state index in [2.05, 4.69) is 0 Å². The second-order valence-electron chi connectivity index (χ2n) is 12.4. The summed E-state index contributed by atoms with van der Waals surface area (Å²) in [6, 6.07) is 44.7. The summed E-state index contributed by atoms with van der Waals surface area (Å²) in [5.41, 5.74) is 1.50. The minimum Gasteiger partial charge on any atom is -0.491 e. The van der Waals surface area contributed by atoms with Gasteiger partial charge in [0.2, 0.25) is 0 Å². The highest BCUT2D eigenvalue weighted by molar-refractivity contribution is 5.57. The molecule has 274 valence electrons. The molecule has 0 saturated carbocycles. The van der Waals surface area contributed by atoms with Crippen molar-refractivity contribution >= 4 is 11.4 Å². The van der Waals surface area contributed by atoms with Crippen molar-refractivity contribution < 1.29 is 39.4 Å². The number of ether oxygens (including phenoxy) is 4. The summed E-state index contributed by atoms with van der Waals surface area (Å²) >= 11 is 0. The Morgan fingerprint density at radius 3 is 0.750 bits per heavy atom. The molecule has 4 N–H and O–H groups in total. The summed E-state index contributed by atoms with van der Waals surface area (Å²) in [4.78, 5) is 3.77. The minimum absolute atomic E-state index is 0.0644. The monoisotopic (exact) mass is 708 g/mol. The second kappa shape index (κ2) is 20.6. The number of rotatable bonds is 22. The molecule has 0 heterocycles. The Labute approximate surface area is 305 Å². The summed E-state index contributed by atoms with van der Waals surface area (Å²) in [6.45, 7) is 0.993. The molecule has 0 aliphatic carbocycles. The molecule has 0 aliphatic heterocycles. The van der Waals surface area contributed by atoms with Crippen molar-refractivity contribution in [3.63, 3.8) is 0 Å². The zero-order valence-corrected chi connectivity index (χ0v) is 29.1. The quantitative estimate of drug-likeness (QED) is 0.0776. The Balaban J connectivity index is 1.28. The number of hydrogen-bond donors (Lipinski definition) is 4. The Hall–Kier alpha value is -5.26. The van der Waals surface area contributed by atoms with Crippen LogP contribution >= 0.6 is 0 Å². The van der Waals surface area contributed by atoms with Gasteiger partial charge in [0.15, 0.2) is 0 Å². The molecule has 0 unspecified atom stereocenters. The van der Waals surface area contributed by atoms with E-state index in [4.69, 9.17) is 18.9 Å². The smallest absolute Gasteiger partial charge is 0.119 e. The fourth-order valence-corrected chi connectivity index (χ4v) is 5.51. The third-order valence-corrected chi connectivity index (χ3v) is 8.05. The maximum atomic E-state index is 11.0. The highest BCUT2D eigenvalue weighted by atomic mass is 16.5. The van der Waals surface area contributed by atoms with Gasteiger partial charge in [0.1, 0.15) is 73.8 Å². The van der Waals surface area contributed by atoms with Crippen molar-refractivity contribution in [3.05, 3.63) is 146 Å². The fraction of sp³-hybridized carbons (Fsp3) is 0.286. The lowest BCUT2D eigenvalue weighted by Crippen LogP contribution is -2.42. The van der Waals surface area contributed by atoms with Crippen molar-refractivity contribution in [1.29, 1.82) is 0 Å². The van der Waals surface area contributed by atoms with E-state index in [0.717, 1.165) is 11.4 Å². The van der Waals surface area contributed by atoms with Gasteiger partial charge in [-0.2, -0.15) is 0 Å². The molecule has 0 aromatic heterocycles. The lowest BCUT2D eigenvalue weighted by Gasteiger charge is -2.32. The lowest BCUT2D eigenvalue weighted by atomic mass is 10.2. The summed E-state index contributed by atoms with van der Waals surface area (Å²) < 4.78 is 23.2. The normalized spacial score (nSPS) is 13.3. The first kappa shape index (κ1) is 38.0. The van der Waals surface area contributed by atoms with E-state index in [1.165, 1.54) is 0 Å². The van der Waals surface area contributed by atoms with E-state index in [1.807, 2.05) is 155 Å². The molecule has 0 fully saturated rings. The van der Waals surface area contributed by atoms with Gasteiger partial charge < -0.3 is 49.2 Å². The van der Waals surface area contributed by atoms with Crippen LogP contribution in [-0.2, 0) is 0 Å². The standard InChI is InChI=1S/C42H48N2O8/c45-35(29-49-39-13-5-1-6-14-39)25-43(26-36(46)30-50-40-15-7-2-8-16-40)33-21-23-34(24-22-33)44(27-37(47)31-51-41-17-9-3-10-18-41)28-38(48)32-52-42-19-11-4-12-20-42/h1-24,35-38,45-48H,25-32H2/t35-,36+,37-,38+. The van der Waals surface area contributed by atoms with Crippen molar-refractivity contribution in [2.75, 3.05) is 62.4 Å². The first-order valence-electron chi connectivity index (χ1n) is 17.4. The van der Waals surface area contributed by atoms with Crippen LogP contribution in [0.15, 0.2) is 146 Å². The van der Waals surface area contributed by atoms with E-state index >= 15 is 0 Å². The third-order valence-electron chi connectivity index (χ3n) is 8.05. The molecule has 0 spiro atoms. The van der Waals surface area contributed by atoms with E-state index in [1.54, 1.807) is 0 Å². The Morgan fingerprint density at radius 1 is 0.327 bits per heavy atom. The molecule has 0 aliphatic rings. The Kier molecular flexibility index (Phi) is 15.0. The van der Waals surface area contributed by atoms with E-state index in [-0.39, 0.29) is 52.6 Å². The second-order valence-corrected chi connectivity index (χ2v) is 12.4. The van der Waals surface area contributed by atoms with Crippen LogP contribution in [0.25, 0.3) is 0 Å². The average molecular weight is 709 g/mol. The molecule has 0 radical (unpaired) electrons. The summed E-state index contributed by atoms with van der Waals surface area (Å²) in [5.74, 6) is 2.62. The van der Waals surface area contributed by atoms with Crippen molar-refractivity contribution in [3.8, 4) is 23.0 Å². The summed E-state index contributed by atoms with van der Waals surface area (Å²) in [6.07, 6.45) is -3.45. The molecule has 0 amide bonds. The van der Waals surface area contributed by atoms with Crippen LogP contribution < -0.4 is 28.7 Å². The van der Waals surface area contributed by atoms with Crippen molar-refractivity contribution in [2.24, 2.45) is 0 Å². The van der Waals surface area contributed by atoms with Crippen LogP contribution in [0.1, 0.15) is 0 Å². The molecule has 10 heteroatoms. The van der Waals surface area contributed by atoms with Gasteiger partial charge in [0.25, 0.3) is 0 Å². The van der Waals surface area contributed by atoms with E-state index in [9.17, 15) is 20.4 Å². The van der Waals surface area contributed by atoms with Crippen LogP contribution in [0.4, 0.5) is 11.4 Å². The molecule has 10 nitrogen and oxygen atoms in total. The Bertz CT molecular complexity index is 1440. The average Bonchev–Trinajstić information content (AvgIpc) is 3.19. The van der Waals surface area contributed by atoms with Crippen LogP contribution in [0, 0.1) is 0 Å². The first-order valence-corrected chi connectivity index (χ1v) is 17.4. The molecule has 5 aromatic rings. The maximum Gasteiger partial charge on any atom is 0.119 e. The highest BCUT2D eigenvalue weighted by Crippen LogP contribution is 2.23. The van der Waals surface area contributed by atoms with Crippen LogP contribution in [0.2, 0.25) is 0 Å². The zero-order valence-electron chi connectivity index (χ0n) is 29.1. The molecule has 5 rings (SSSR count). The van der Waals surface area contributed by atoms with Crippen LogP contribution in [0.5, 0.6) is 23.0 Å². The lowest BCUT2D eigenvalue weighted by molar-refractivity contribution is 0.0950. The topological polar surface area (TPSA) is 124 Å². The number of aliphatic hydroxyl groups excluding tert-OH is 4.